The van der Waals surface area contributed by atoms with Crippen LogP contribution in [0.25, 0.3) is 6.08 Å². The third kappa shape index (κ3) is 4.61. The van der Waals surface area contributed by atoms with Crippen LogP contribution in [0, 0.1) is 5.82 Å². The van der Waals surface area contributed by atoms with Gasteiger partial charge in [0.15, 0.2) is 0 Å². The normalized spacial score (nSPS) is 15.2. The number of ether oxygens (including phenoxy) is 1. The van der Waals surface area contributed by atoms with Crippen molar-refractivity contribution in [3.8, 4) is 5.75 Å². The molecule has 0 bridgehead atoms. The second-order valence-corrected chi connectivity index (χ2v) is 6.82. The molecule has 0 fully saturated rings. The number of nitrogens with one attached hydrogen (secondary N) is 1. The first-order valence-corrected chi connectivity index (χ1v) is 8.99. The first-order valence-electron chi connectivity index (χ1n) is 8.99. The number of rotatable bonds is 6. The smallest absolute Gasteiger partial charge is 0.275 e. The number of carbonyl (C=O) groups excluding carboxylic acids is 1. The van der Waals surface area contributed by atoms with E-state index in [1.54, 1.807) is 25.3 Å². The van der Waals surface area contributed by atoms with Crippen molar-refractivity contribution in [2.45, 2.75) is 32.6 Å². The Morgan fingerprint density at radius 3 is 2.56 bits per heavy atom. The molecule has 0 atom stereocenters. The zero-order valence-electron chi connectivity index (χ0n) is 15.8. The standard InChI is InChI=1S/C22H23FN2O2/c1-14(2)16-7-10-20(27-3)17(12-16)13-19-22(26)25-21(24-19)11-6-15-4-8-18(23)9-5-15/h4-5,7-10,12-14H,6,11H2,1-3H3,(H,24,25,26)/b19-13-. The molecule has 1 amide bonds. The Bertz CT molecular complexity index is 899. The van der Waals surface area contributed by atoms with Gasteiger partial charge in [0.05, 0.1) is 7.11 Å². The molecule has 0 aliphatic carbocycles. The molecule has 0 saturated carbocycles. The maximum Gasteiger partial charge on any atom is 0.275 e. The van der Waals surface area contributed by atoms with Crippen molar-refractivity contribution in [1.29, 1.82) is 0 Å². The third-order valence-corrected chi connectivity index (χ3v) is 4.52. The van der Waals surface area contributed by atoms with Gasteiger partial charge in [-0.2, -0.15) is 0 Å². The lowest BCUT2D eigenvalue weighted by atomic mass is 10.00. The SMILES string of the molecule is COc1ccc(C(C)C)cc1/C=C1\N=C(CCc2ccc(F)cc2)NC1=O. The van der Waals surface area contributed by atoms with Gasteiger partial charge in [-0.1, -0.05) is 32.0 Å². The van der Waals surface area contributed by atoms with Crippen LogP contribution in [-0.2, 0) is 11.2 Å². The number of halogens is 1. The van der Waals surface area contributed by atoms with Gasteiger partial charge in [0.2, 0.25) is 0 Å². The van der Waals surface area contributed by atoms with Gasteiger partial charge in [0, 0.05) is 12.0 Å². The lowest BCUT2D eigenvalue weighted by Crippen LogP contribution is -2.24. The van der Waals surface area contributed by atoms with Crippen LogP contribution in [0.3, 0.4) is 0 Å². The topological polar surface area (TPSA) is 50.7 Å². The van der Waals surface area contributed by atoms with E-state index in [1.165, 1.54) is 17.7 Å². The summed E-state index contributed by atoms with van der Waals surface area (Å²) in [6.07, 6.45) is 3.02. The molecular weight excluding hydrogens is 343 g/mol. The molecule has 1 aliphatic heterocycles. The Morgan fingerprint density at radius 2 is 1.89 bits per heavy atom. The van der Waals surface area contributed by atoms with Crippen molar-refractivity contribution >= 4 is 17.8 Å². The summed E-state index contributed by atoms with van der Waals surface area (Å²) in [4.78, 5) is 16.7. The molecule has 4 nitrogen and oxygen atoms in total. The molecule has 140 valence electrons. The Labute approximate surface area is 158 Å². The molecule has 1 N–H and O–H groups in total. The molecule has 1 aliphatic rings. The van der Waals surface area contributed by atoms with E-state index >= 15 is 0 Å². The van der Waals surface area contributed by atoms with Gasteiger partial charge >= 0.3 is 0 Å². The lowest BCUT2D eigenvalue weighted by molar-refractivity contribution is -0.115. The molecule has 27 heavy (non-hydrogen) atoms. The average molecular weight is 366 g/mol. The van der Waals surface area contributed by atoms with Gasteiger partial charge in [-0.05, 0) is 53.8 Å². The molecule has 0 unspecified atom stereocenters. The second kappa shape index (κ2) is 8.16. The van der Waals surface area contributed by atoms with Crippen LogP contribution in [-0.4, -0.2) is 18.9 Å². The summed E-state index contributed by atoms with van der Waals surface area (Å²) in [5.41, 5.74) is 3.36. The largest absolute Gasteiger partial charge is 0.496 e. The van der Waals surface area contributed by atoms with Gasteiger partial charge in [-0.3, -0.25) is 4.79 Å². The molecule has 2 aromatic rings. The number of methoxy groups -OCH3 is 1. The molecule has 0 spiro atoms. The van der Waals surface area contributed by atoms with Crippen molar-refractivity contribution in [1.82, 2.24) is 5.32 Å². The van der Waals surface area contributed by atoms with E-state index in [1.807, 2.05) is 18.2 Å². The van der Waals surface area contributed by atoms with E-state index in [0.29, 0.717) is 36.0 Å². The number of aryl methyl sites for hydroxylation is 1. The maximum absolute atomic E-state index is 13.0. The quantitative estimate of drug-likeness (QED) is 0.768. The molecule has 1 heterocycles. The van der Waals surface area contributed by atoms with Gasteiger partial charge in [0.1, 0.15) is 23.1 Å². The van der Waals surface area contributed by atoms with Crippen LogP contribution in [0.15, 0.2) is 53.2 Å². The molecule has 2 aromatic carbocycles. The highest BCUT2D eigenvalue weighted by Crippen LogP contribution is 2.27. The minimum atomic E-state index is -0.256. The summed E-state index contributed by atoms with van der Waals surface area (Å²) in [5.74, 6) is 1.22. The van der Waals surface area contributed by atoms with Crippen molar-refractivity contribution in [3.05, 3.63) is 70.7 Å². The summed E-state index contributed by atoms with van der Waals surface area (Å²) < 4.78 is 18.4. The minimum absolute atomic E-state index is 0.221. The van der Waals surface area contributed by atoms with E-state index < -0.39 is 0 Å². The zero-order chi connectivity index (χ0) is 19.4. The van der Waals surface area contributed by atoms with Crippen LogP contribution in [0.5, 0.6) is 5.75 Å². The third-order valence-electron chi connectivity index (χ3n) is 4.52. The van der Waals surface area contributed by atoms with Crippen molar-refractivity contribution in [2.75, 3.05) is 7.11 Å². The molecule has 3 rings (SSSR count). The number of carbonyl (C=O) groups is 1. The Hall–Kier alpha value is -2.95. The van der Waals surface area contributed by atoms with Gasteiger partial charge in [-0.15, -0.1) is 0 Å². The molecule has 0 aromatic heterocycles. The second-order valence-electron chi connectivity index (χ2n) is 6.82. The summed E-state index contributed by atoms with van der Waals surface area (Å²) in [7, 11) is 1.61. The molecule has 0 saturated heterocycles. The number of amidine groups is 1. The zero-order valence-corrected chi connectivity index (χ0v) is 15.8. The van der Waals surface area contributed by atoms with Crippen molar-refractivity contribution < 1.29 is 13.9 Å². The van der Waals surface area contributed by atoms with E-state index in [9.17, 15) is 9.18 Å². The number of aliphatic imine (C=N–C) groups is 1. The van der Waals surface area contributed by atoms with E-state index in [-0.39, 0.29) is 11.7 Å². The predicted molar refractivity (Wildman–Crippen MR) is 105 cm³/mol. The van der Waals surface area contributed by atoms with E-state index in [2.05, 4.69) is 24.2 Å². The molecule has 5 heteroatoms. The highest BCUT2D eigenvalue weighted by molar-refractivity contribution is 6.14. The van der Waals surface area contributed by atoms with Crippen LogP contribution in [0.1, 0.15) is 42.9 Å². The van der Waals surface area contributed by atoms with Crippen molar-refractivity contribution in [2.24, 2.45) is 4.99 Å². The van der Waals surface area contributed by atoms with Crippen LogP contribution < -0.4 is 10.1 Å². The van der Waals surface area contributed by atoms with Crippen LogP contribution >= 0.6 is 0 Å². The number of amides is 1. The number of nitrogens with zero attached hydrogens (tertiary/aromatic N) is 1. The summed E-state index contributed by atoms with van der Waals surface area (Å²) in [6, 6.07) is 12.3. The fourth-order valence-electron chi connectivity index (χ4n) is 2.92. The Kier molecular flexibility index (Phi) is 5.69. The summed E-state index contributed by atoms with van der Waals surface area (Å²) >= 11 is 0. The summed E-state index contributed by atoms with van der Waals surface area (Å²) in [6.45, 7) is 4.24. The summed E-state index contributed by atoms with van der Waals surface area (Å²) in [5, 5.41) is 2.81. The molecular formula is C22H23FN2O2. The van der Waals surface area contributed by atoms with E-state index in [0.717, 1.165) is 11.1 Å². The van der Waals surface area contributed by atoms with Gasteiger partial charge in [0.25, 0.3) is 5.91 Å². The van der Waals surface area contributed by atoms with Gasteiger partial charge < -0.3 is 10.1 Å². The highest BCUT2D eigenvalue weighted by Gasteiger charge is 2.20. The number of hydrogen-bond donors (Lipinski definition) is 1. The van der Waals surface area contributed by atoms with E-state index in [4.69, 9.17) is 4.74 Å². The lowest BCUT2D eigenvalue weighted by Gasteiger charge is -2.10. The molecule has 0 radical (unpaired) electrons. The Morgan fingerprint density at radius 1 is 1.15 bits per heavy atom. The first kappa shape index (κ1) is 18.8. The fourth-order valence-corrected chi connectivity index (χ4v) is 2.92. The van der Waals surface area contributed by atoms with Crippen LogP contribution in [0.2, 0.25) is 0 Å². The van der Waals surface area contributed by atoms with Crippen molar-refractivity contribution in [3.63, 3.8) is 0 Å². The van der Waals surface area contributed by atoms with Gasteiger partial charge in [-0.25, -0.2) is 9.38 Å². The predicted octanol–water partition coefficient (Wildman–Crippen LogP) is 4.46. The monoisotopic (exact) mass is 366 g/mol. The minimum Gasteiger partial charge on any atom is -0.496 e. The maximum atomic E-state index is 13.0. The Balaban J connectivity index is 1.79. The first-order chi connectivity index (χ1) is 13.0. The van der Waals surface area contributed by atoms with Crippen LogP contribution in [0.4, 0.5) is 4.39 Å². The number of hydrogen-bond acceptors (Lipinski definition) is 3. The average Bonchev–Trinajstić information content (AvgIpc) is 3.00. The number of benzene rings is 2. The fraction of sp³-hybridized carbons (Fsp3) is 0.273. The highest BCUT2D eigenvalue weighted by atomic mass is 19.1.